The Labute approximate surface area is 109 Å². The Morgan fingerprint density at radius 3 is 2.72 bits per heavy atom. The molecule has 0 fully saturated rings. The van der Waals surface area contributed by atoms with Gasteiger partial charge in [-0.15, -0.1) is 0 Å². The van der Waals surface area contributed by atoms with Crippen LogP contribution in [0.3, 0.4) is 0 Å². The highest BCUT2D eigenvalue weighted by molar-refractivity contribution is 5.48. The maximum atomic E-state index is 8.76. The molecule has 0 amide bonds. The molecule has 0 aliphatic carbocycles. The first-order chi connectivity index (χ1) is 8.52. The summed E-state index contributed by atoms with van der Waals surface area (Å²) in [4.78, 5) is 10.9. The minimum Gasteiger partial charge on any atom is -0.396 e. The van der Waals surface area contributed by atoms with E-state index in [0.717, 1.165) is 37.0 Å². The molecule has 0 spiro atoms. The molecule has 1 aromatic heterocycles. The fourth-order valence-electron chi connectivity index (χ4n) is 1.77. The standard InChI is InChI=1S/C13H24N4O/c1-10(2)9-17(4)13-8-12(14-6-5-7-18)15-11(3)16-13/h8,10,18H,5-7,9H2,1-4H3,(H,14,15,16). The molecule has 0 unspecified atom stereocenters. The van der Waals surface area contributed by atoms with Crippen molar-refractivity contribution < 1.29 is 5.11 Å². The van der Waals surface area contributed by atoms with Crippen molar-refractivity contribution in [3.8, 4) is 0 Å². The number of aromatic nitrogens is 2. The summed E-state index contributed by atoms with van der Waals surface area (Å²) in [7, 11) is 2.04. The van der Waals surface area contributed by atoms with Gasteiger partial charge in [0, 0.05) is 32.8 Å². The Morgan fingerprint density at radius 1 is 1.39 bits per heavy atom. The monoisotopic (exact) mass is 252 g/mol. The van der Waals surface area contributed by atoms with Crippen LogP contribution >= 0.6 is 0 Å². The maximum absolute atomic E-state index is 8.76. The van der Waals surface area contributed by atoms with E-state index in [1.807, 2.05) is 20.0 Å². The van der Waals surface area contributed by atoms with E-state index < -0.39 is 0 Å². The molecule has 1 rings (SSSR count). The van der Waals surface area contributed by atoms with E-state index in [0.29, 0.717) is 5.92 Å². The highest BCUT2D eigenvalue weighted by Gasteiger charge is 2.07. The third-order valence-corrected chi connectivity index (χ3v) is 2.50. The zero-order valence-corrected chi connectivity index (χ0v) is 11.8. The van der Waals surface area contributed by atoms with Crippen molar-refractivity contribution in [2.75, 3.05) is 37.0 Å². The molecule has 0 aliphatic rings. The minimum atomic E-state index is 0.192. The molecule has 1 heterocycles. The van der Waals surface area contributed by atoms with E-state index in [9.17, 15) is 0 Å². The van der Waals surface area contributed by atoms with Crippen molar-refractivity contribution >= 4 is 11.6 Å². The van der Waals surface area contributed by atoms with Crippen LogP contribution in [0.5, 0.6) is 0 Å². The zero-order valence-electron chi connectivity index (χ0n) is 11.8. The number of aryl methyl sites for hydroxylation is 1. The lowest BCUT2D eigenvalue weighted by atomic mass is 10.2. The van der Waals surface area contributed by atoms with E-state index >= 15 is 0 Å². The van der Waals surface area contributed by atoms with Gasteiger partial charge in [0.2, 0.25) is 0 Å². The average molecular weight is 252 g/mol. The molecule has 0 atom stereocenters. The molecule has 2 N–H and O–H groups in total. The third-order valence-electron chi connectivity index (χ3n) is 2.50. The highest BCUT2D eigenvalue weighted by atomic mass is 16.3. The number of hydrogen-bond acceptors (Lipinski definition) is 5. The number of nitrogens with zero attached hydrogens (tertiary/aromatic N) is 3. The van der Waals surface area contributed by atoms with Crippen LogP contribution in [0, 0.1) is 12.8 Å². The fraction of sp³-hybridized carbons (Fsp3) is 0.692. The predicted octanol–water partition coefficient (Wildman–Crippen LogP) is 1.67. The maximum Gasteiger partial charge on any atom is 0.134 e. The van der Waals surface area contributed by atoms with Gasteiger partial charge in [-0.1, -0.05) is 13.8 Å². The molecule has 102 valence electrons. The number of aliphatic hydroxyl groups is 1. The fourth-order valence-corrected chi connectivity index (χ4v) is 1.77. The Bertz CT molecular complexity index is 368. The summed E-state index contributed by atoms with van der Waals surface area (Å²) in [5.41, 5.74) is 0. The minimum absolute atomic E-state index is 0.192. The SMILES string of the molecule is Cc1nc(NCCCO)cc(N(C)CC(C)C)n1. The molecule has 18 heavy (non-hydrogen) atoms. The smallest absolute Gasteiger partial charge is 0.134 e. The molecule has 5 nitrogen and oxygen atoms in total. The summed E-state index contributed by atoms with van der Waals surface area (Å²) in [5, 5.41) is 12.0. The first-order valence-electron chi connectivity index (χ1n) is 6.44. The predicted molar refractivity (Wildman–Crippen MR) is 75.1 cm³/mol. The van der Waals surface area contributed by atoms with Crippen LogP contribution < -0.4 is 10.2 Å². The average Bonchev–Trinajstić information content (AvgIpc) is 2.27. The van der Waals surface area contributed by atoms with Crippen molar-refractivity contribution in [2.24, 2.45) is 5.92 Å². The number of aliphatic hydroxyl groups excluding tert-OH is 1. The van der Waals surface area contributed by atoms with Crippen molar-refractivity contribution in [2.45, 2.75) is 27.2 Å². The normalized spacial score (nSPS) is 10.8. The first-order valence-corrected chi connectivity index (χ1v) is 6.44. The van der Waals surface area contributed by atoms with Crippen LogP contribution in [0.2, 0.25) is 0 Å². The van der Waals surface area contributed by atoms with Gasteiger partial charge in [0.05, 0.1) is 0 Å². The Morgan fingerprint density at radius 2 is 2.11 bits per heavy atom. The van der Waals surface area contributed by atoms with Crippen LogP contribution in [0.25, 0.3) is 0 Å². The van der Waals surface area contributed by atoms with Crippen LogP contribution in [0.4, 0.5) is 11.6 Å². The lowest BCUT2D eigenvalue weighted by Gasteiger charge is -2.21. The van der Waals surface area contributed by atoms with Gasteiger partial charge in [0.25, 0.3) is 0 Å². The number of hydrogen-bond donors (Lipinski definition) is 2. The molecule has 1 aromatic rings. The number of anilines is 2. The lowest BCUT2D eigenvalue weighted by Crippen LogP contribution is -2.24. The topological polar surface area (TPSA) is 61.3 Å². The third kappa shape index (κ3) is 4.87. The van der Waals surface area contributed by atoms with Crippen molar-refractivity contribution in [1.29, 1.82) is 0 Å². The van der Waals surface area contributed by atoms with E-state index in [-0.39, 0.29) is 6.61 Å². The zero-order chi connectivity index (χ0) is 13.5. The second-order valence-corrected chi connectivity index (χ2v) is 4.94. The van der Waals surface area contributed by atoms with Crippen LogP contribution in [-0.2, 0) is 0 Å². The summed E-state index contributed by atoms with van der Waals surface area (Å²) in [6.45, 7) is 8.14. The van der Waals surface area contributed by atoms with Crippen molar-refractivity contribution in [3.63, 3.8) is 0 Å². The molecule has 0 saturated carbocycles. The highest BCUT2D eigenvalue weighted by Crippen LogP contribution is 2.15. The van der Waals surface area contributed by atoms with Crippen LogP contribution in [0.15, 0.2) is 6.07 Å². The molecular formula is C13H24N4O. The van der Waals surface area contributed by atoms with E-state index in [4.69, 9.17) is 5.11 Å². The molecule has 0 aliphatic heterocycles. The van der Waals surface area contributed by atoms with Crippen LogP contribution in [-0.4, -0.2) is 41.8 Å². The van der Waals surface area contributed by atoms with Gasteiger partial charge in [-0.3, -0.25) is 0 Å². The number of nitrogens with one attached hydrogen (secondary N) is 1. The molecule has 0 aromatic carbocycles. The van der Waals surface area contributed by atoms with Gasteiger partial charge in [0.15, 0.2) is 0 Å². The molecule has 0 radical (unpaired) electrons. The summed E-state index contributed by atoms with van der Waals surface area (Å²) in [5.74, 6) is 3.11. The Balaban J connectivity index is 2.73. The summed E-state index contributed by atoms with van der Waals surface area (Å²) >= 11 is 0. The van der Waals surface area contributed by atoms with Gasteiger partial charge >= 0.3 is 0 Å². The summed E-state index contributed by atoms with van der Waals surface area (Å²) in [6, 6.07) is 1.95. The van der Waals surface area contributed by atoms with E-state index in [2.05, 4.69) is 34.0 Å². The summed E-state index contributed by atoms with van der Waals surface area (Å²) < 4.78 is 0. The van der Waals surface area contributed by atoms with E-state index in [1.165, 1.54) is 0 Å². The molecular weight excluding hydrogens is 228 g/mol. The largest absolute Gasteiger partial charge is 0.396 e. The molecule has 5 heteroatoms. The van der Waals surface area contributed by atoms with E-state index in [1.54, 1.807) is 0 Å². The van der Waals surface area contributed by atoms with Gasteiger partial charge in [-0.25, -0.2) is 9.97 Å². The van der Waals surface area contributed by atoms with Gasteiger partial charge < -0.3 is 15.3 Å². The van der Waals surface area contributed by atoms with Crippen LogP contribution in [0.1, 0.15) is 26.1 Å². The lowest BCUT2D eigenvalue weighted by molar-refractivity contribution is 0.292. The second-order valence-electron chi connectivity index (χ2n) is 4.94. The van der Waals surface area contributed by atoms with Gasteiger partial charge in [-0.05, 0) is 19.3 Å². The molecule has 0 bridgehead atoms. The molecule has 0 saturated heterocycles. The second kappa shape index (κ2) is 7.16. The van der Waals surface area contributed by atoms with Gasteiger partial charge in [0.1, 0.15) is 17.5 Å². The Kier molecular flexibility index (Phi) is 5.85. The summed E-state index contributed by atoms with van der Waals surface area (Å²) in [6.07, 6.45) is 0.722. The quantitative estimate of drug-likeness (QED) is 0.723. The Hall–Kier alpha value is -1.36. The van der Waals surface area contributed by atoms with Crippen molar-refractivity contribution in [1.82, 2.24) is 9.97 Å². The number of rotatable bonds is 7. The first kappa shape index (κ1) is 14.7. The van der Waals surface area contributed by atoms with Crippen molar-refractivity contribution in [3.05, 3.63) is 11.9 Å². The van der Waals surface area contributed by atoms with Gasteiger partial charge in [-0.2, -0.15) is 0 Å².